The van der Waals surface area contributed by atoms with Gasteiger partial charge in [0.25, 0.3) is 0 Å². The lowest BCUT2D eigenvalue weighted by atomic mass is 10.2. The molecule has 0 aromatic heterocycles. The Balaban J connectivity index is 4.27. The molecule has 5 nitrogen and oxygen atoms in total. The maximum atomic E-state index is 12.9. The van der Waals surface area contributed by atoms with E-state index < -0.39 is 48.8 Å². The number of hydrogen-bond acceptors (Lipinski definition) is 5. The first-order chi connectivity index (χ1) is 8.49. The summed E-state index contributed by atoms with van der Waals surface area (Å²) in [4.78, 5) is 10.8. The van der Waals surface area contributed by atoms with Crippen LogP contribution >= 0.6 is 0 Å². The Morgan fingerprint density at radius 3 is 2.32 bits per heavy atom. The fraction of sp³-hybridized carbons (Fsp3) is 0.667. The standard InChI is InChI=1S/C9H12F4O5S/c1-6(2)7(14)17-5-3-4-8(10,11)9(12,13)18-19(15)16/h1,3-5H2,2H3,(H,15,16)/p-1. The maximum Gasteiger partial charge on any atom is 0.430 e. The van der Waals surface area contributed by atoms with Crippen molar-refractivity contribution >= 4 is 17.3 Å². The van der Waals surface area contributed by atoms with Crippen LogP contribution in [0.1, 0.15) is 19.8 Å². The zero-order valence-corrected chi connectivity index (χ0v) is 10.6. The highest BCUT2D eigenvalue weighted by molar-refractivity contribution is 7.74. The van der Waals surface area contributed by atoms with Crippen molar-refractivity contribution < 1.29 is 40.0 Å². The summed E-state index contributed by atoms with van der Waals surface area (Å²) < 4.78 is 78.2. The van der Waals surface area contributed by atoms with Gasteiger partial charge in [-0.25, -0.2) is 13.2 Å². The van der Waals surface area contributed by atoms with Gasteiger partial charge >= 0.3 is 18.0 Å². The monoisotopic (exact) mass is 307 g/mol. The number of carbonyl (C=O) groups is 1. The molecule has 0 heterocycles. The summed E-state index contributed by atoms with van der Waals surface area (Å²) in [5.74, 6) is -5.55. The number of carbonyl (C=O) groups excluding carboxylic acids is 1. The molecule has 0 radical (unpaired) electrons. The molecule has 0 spiro atoms. The van der Waals surface area contributed by atoms with E-state index in [-0.39, 0.29) is 5.57 Å². The predicted molar refractivity (Wildman–Crippen MR) is 54.9 cm³/mol. The Hall–Kier alpha value is -1.00. The summed E-state index contributed by atoms with van der Waals surface area (Å²) in [6.45, 7) is 4.02. The van der Waals surface area contributed by atoms with E-state index in [0.717, 1.165) is 0 Å². The molecule has 1 unspecified atom stereocenters. The van der Waals surface area contributed by atoms with Crippen molar-refractivity contribution in [3.8, 4) is 0 Å². The number of halogens is 4. The summed E-state index contributed by atoms with van der Waals surface area (Å²) in [5, 5.41) is 0. The molecule has 10 heteroatoms. The van der Waals surface area contributed by atoms with Gasteiger partial charge in [-0.1, -0.05) is 6.58 Å². The third-order valence-electron chi connectivity index (χ3n) is 1.82. The van der Waals surface area contributed by atoms with Crippen molar-refractivity contribution in [2.45, 2.75) is 31.8 Å². The minimum absolute atomic E-state index is 0.0298. The van der Waals surface area contributed by atoms with Crippen molar-refractivity contribution in [2.24, 2.45) is 0 Å². The van der Waals surface area contributed by atoms with Gasteiger partial charge in [-0.2, -0.15) is 17.6 Å². The molecular formula is C9H11F4O5S-. The van der Waals surface area contributed by atoms with E-state index in [1.807, 2.05) is 0 Å². The van der Waals surface area contributed by atoms with E-state index in [2.05, 4.69) is 15.5 Å². The van der Waals surface area contributed by atoms with Gasteiger partial charge in [0.1, 0.15) is 0 Å². The molecule has 0 rings (SSSR count). The number of esters is 1. The summed E-state index contributed by atoms with van der Waals surface area (Å²) in [5.41, 5.74) is 0.0298. The van der Waals surface area contributed by atoms with Gasteiger partial charge in [0.05, 0.1) is 18.0 Å². The normalized spacial score (nSPS) is 14.0. The molecule has 0 aliphatic carbocycles. The molecule has 0 saturated carbocycles. The quantitative estimate of drug-likeness (QED) is 0.225. The van der Waals surface area contributed by atoms with Crippen molar-refractivity contribution in [1.82, 2.24) is 0 Å². The van der Waals surface area contributed by atoms with E-state index in [1.165, 1.54) is 6.92 Å². The lowest BCUT2D eigenvalue weighted by Gasteiger charge is -2.26. The molecule has 19 heavy (non-hydrogen) atoms. The van der Waals surface area contributed by atoms with Crippen LogP contribution in [0.4, 0.5) is 17.6 Å². The highest BCUT2D eigenvalue weighted by Gasteiger charge is 2.58. The summed E-state index contributed by atoms with van der Waals surface area (Å²) in [6, 6.07) is 0. The van der Waals surface area contributed by atoms with E-state index in [9.17, 15) is 31.1 Å². The molecule has 0 aromatic carbocycles. The molecule has 0 aliphatic rings. The molecule has 0 aliphatic heterocycles. The minimum Gasteiger partial charge on any atom is -0.750 e. The van der Waals surface area contributed by atoms with E-state index in [0.29, 0.717) is 0 Å². The first-order valence-electron chi connectivity index (χ1n) is 4.86. The van der Waals surface area contributed by atoms with Crippen molar-refractivity contribution in [3.05, 3.63) is 12.2 Å². The van der Waals surface area contributed by atoms with Crippen molar-refractivity contribution in [3.63, 3.8) is 0 Å². The van der Waals surface area contributed by atoms with Crippen LogP contribution in [-0.4, -0.2) is 33.4 Å². The molecule has 0 N–H and O–H groups in total. The van der Waals surface area contributed by atoms with E-state index in [4.69, 9.17) is 0 Å². The third-order valence-corrected chi connectivity index (χ3v) is 2.16. The second-order valence-electron chi connectivity index (χ2n) is 3.53. The van der Waals surface area contributed by atoms with Crippen LogP contribution in [0.3, 0.4) is 0 Å². The maximum absolute atomic E-state index is 12.9. The average molecular weight is 307 g/mol. The number of hydrogen-bond donors (Lipinski definition) is 0. The van der Waals surface area contributed by atoms with E-state index >= 15 is 0 Å². The van der Waals surface area contributed by atoms with Crippen molar-refractivity contribution in [1.29, 1.82) is 0 Å². The fourth-order valence-electron chi connectivity index (χ4n) is 0.874. The lowest BCUT2D eigenvalue weighted by Crippen LogP contribution is -2.43. The Morgan fingerprint density at radius 2 is 1.89 bits per heavy atom. The summed E-state index contributed by atoms with van der Waals surface area (Å²) in [6.07, 6.45) is -7.17. The molecule has 0 aromatic rings. The highest BCUT2D eigenvalue weighted by atomic mass is 32.2. The van der Waals surface area contributed by atoms with Gasteiger partial charge in [-0.3, -0.25) is 0 Å². The van der Waals surface area contributed by atoms with Crippen LogP contribution in [0.25, 0.3) is 0 Å². The van der Waals surface area contributed by atoms with Gasteiger partial charge in [0.15, 0.2) is 0 Å². The highest BCUT2D eigenvalue weighted by Crippen LogP contribution is 2.39. The third kappa shape index (κ3) is 6.12. The van der Waals surface area contributed by atoms with Gasteiger partial charge in [0, 0.05) is 12.0 Å². The molecule has 0 bridgehead atoms. The summed E-state index contributed by atoms with van der Waals surface area (Å²) >= 11 is -3.78. The molecule has 0 saturated heterocycles. The zero-order chi connectivity index (χ0) is 15.3. The fourth-order valence-corrected chi connectivity index (χ4v) is 1.17. The van der Waals surface area contributed by atoms with Crippen LogP contribution in [0.15, 0.2) is 12.2 Å². The first kappa shape index (κ1) is 18.0. The van der Waals surface area contributed by atoms with Crippen LogP contribution in [0, 0.1) is 0 Å². The molecular weight excluding hydrogens is 296 g/mol. The number of alkyl halides is 4. The Morgan fingerprint density at radius 1 is 1.37 bits per heavy atom. The van der Waals surface area contributed by atoms with Gasteiger partial charge < -0.3 is 9.29 Å². The van der Waals surface area contributed by atoms with Crippen LogP contribution < -0.4 is 0 Å². The second kappa shape index (κ2) is 6.96. The van der Waals surface area contributed by atoms with Crippen LogP contribution in [0.2, 0.25) is 0 Å². The lowest BCUT2D eigenvalue weighted by molar-refractivity contribution is -0.310. The van der Waals surface area contributed by atoms with Gasteiger partial charge in [-0.05, 0) is 13.3 Å². The topological polar surface area (TPSA) is 75.7 Å². The summed E-state index contributed by atoms with van der Waals surface area (Å²) in [7, 11) is 0. The van der Waals surface area contributed by atoms with Gasteiger partial charge in [-0.15, -0.1) is 0 Å². The SMILES string of the molecule is C=C(C)C(=O)OCCCC(F)(F)C(F)(F)OS(=O)[O-]. The Bertz CT molecular complexity index is 372. The Labute approximate surface area is 109 Å². The van der Waals surface area contributed by atoms with Crippen LogP contribution in [-0.2, 0) is 25.1 Å². The zero-order valence-electron chi connectivity index (χ0n) is 9.79. The number of rotatable bonds is 8. The average Bonchev–Trinajstić information content (AvgIpc) is 2.21. The Kier molecular flexibility index (Phi) is 6.60. The molecule has 0 amide bonds. The van der Waals surface area contributed by atoms with E-state index in [1.54, 1.807) is 0 Å². The first-order valence-corrected chi connectivity index (χ1v) is 5.86. The predicted octanol–water partition coefficient (Wildman–Crippen LogP) is 1.92. The molecule has 112 valence electrons. The van der Waals surface area contributed by atoms with Gasteiger partial charge in [0.2, 0.25) is 0 Å². The van der Waals surface area contributed by atoms with Crippen LogP contribution in [0.5, 0.6) is 0 Å². The minimum atomic E-state index is -5.15. The largest absolute Gasteiger partial charge is 0.750 e. The molecule has 1 atom stereocenters. The molecule has 0 fully saturated rings. The smallest absolute Gasteiger partial charge is 0.430 e. The second-order valence-corrected chi connectivity index (χ2v) is 4.10. The number of ether oxygens (including phenoxy) is 1. The van der Waals surface area contributed by atoms with Crippen molar-refractivity contribution in [2.75, 3.05) is 6.61 Å².